The van der Waals surface area contributed by atoms with Gasteiger partial charge in [0.2, 0.25) is 5.91 Å². The number of nitrogens with zero attached hydrogens (tertiary/aromatic N) is 2. The van der Waals surface area contributed by atoms with E-state index in [-0.39, 0.29) is 18.0 Å². The first-order valence-corrected chi connectivity index (χ1v) is 7.67. The summed E-state index contributed by atoms with van der Waals surface area (Å²) in [5.41, 5.74) is 0.482. The summed E-state index contributed by atoms with van der Waals surface area (Å²) in [4.78, 5) is 27.7. The number of carbonyl (C=O) groups is 2. The van der Waals surface area contributed by atoms with E-state index in [1.807, 2.05) is 0 Å². The molecule has 0 bridgehead atoms. The highest BCUT2D eigenvalue weighted by molar-refractivity contribution is 7.99. The number of para-hydroxylation sites is 1. The number of urea groups is 1. The Balaban J connectivity index is 1.95. The number of imide groups is 1. The number of amides is 3. The molecule has 19 heavy (non-hydrogen) atoms. The fourth-order valence-electron chi connectivity index (χ4n) is 2.47. The molecule has 0 spiro atoms. The van der Waals surface area contributed by atoms with Crippen LogP contribution in [0.5, 0.6) is 0 Å². The van der Waals surface area contributed by atoms with E-state index in [0.29, 0.717) is 23.7 Å². The van der Waals surface area contributed by atoms with Crippen LogP contribution in [0.3, 0.4) is 0 Å². The van der Waals surface area contributed by atoms with Crippen molar-refractivity contribution in [3.05, 3.63) is 29.3 Å². The van der Waals surface area contributed by atoms with Gasteiger partial charge < -0.3 is 4.90 Å². The smallest absolute Gasteiger partial charge is 0.319 e. The molecule has 0 aromatic heterocycles. The molecular weight excluding hydrogens is 284 g/mol. The highest BCUT2D eigenvalue weighted by atomic mass is 35.5. The molecule has 0 radical (unpaired) electrons. The third-order valence-corrected chi connectivity index (χ3v) is 4.83. The zero-order valence-corrected chi connectivity index (χ0v) is 11.8. The van der Waals surface area contributed by atoms with E-state index in [0.717, 1.165) is 11.5 Å². The Labute approximate surface area is 120 Å². The van der Waals surface area contributed by atoms with Gasteiger partial charge in [0.15, 0.2) is 0 Å². The predicted octanol–water partition coefficient (Wildman–Crippen LogP) is 2.61. The van der Waals surface area contributed by atoms with Gasteiger partial charge in [-0.2, -0.15) is 11.8 Å². The summed E-state index contributed by atoms with van der Waals surface area (Å²) in [6.45, 7) is 0.697. The molecule has 0 saturated carbocycles. The maximum atomic E-state index is 12.5. The molecule has 2 heterocycles. The van der Waals surface area contributed by atoms with Gasteiger partial charge in [0.25, 0.3) is 0 Å². The maximum Gasteiger partial charge on any atom is 0.331 e. The van der Waals surface area contributed by atoms with Crippen molar-refractivity contribution in [3.63, 3.8) is 0 Å². The van der Waals surface area contributed by atoms with Crippen LogP contribution in [-0.4, -0.2) is 40.9 Å². The Morgan fingerprint density at radius 2 is 2.05 bits per heavy atom. The topological polar surface area (TPSA) is 40.6 Å². The third-order valence-electron chi connectivity index (χ3n) is 3.42. The number of hydrogen-bond acceptors (Lipinski definition) is 3. The average molecular weight is 297 g/mol. The zero-order chi connectivity index (χ0) is 13.4. The van der Waals surface area contributed by atoms with Gasteiger partial charge in [-0.3, -0.25) is 4.79 Å². The second-order valence-electron chi connectivity index (χ2n) is 4.59. The SMILES string of the molecule is O=C1CC2CSCCN2C(=O)N1c1ccccc1Cl. The van der Waals surface area contributed by atoms with Gasteiger partial charge in [0.1, 0.15) is 0 Å². The number of halogens is 1. The van der Waals surface area contributed by atoms with E-state index in [2.05, 4.69) is 0 Å². The first kappa shape index (κ1) is 12.8. The Hall–Kier alpha value is -1.20. The molecule has 2 fully saturated rings. The molecular formula is C13H13ClN2O2S. The van der Waals surface area contributed by atoms with Gasteiger partial charge in [-0.05, 0) is 12.1 Å². The number of thioether (sulfide) groups is 1. The van der Waals surface area contributed by atoms with Crippen molar-refractivity contribution in [1.29, 1.82) is 0 Å². The van der Waals surface area contributed by atoms with Gasteiger partial charge in [0.05, 0.1) is 16.8 Å². The average Bonchev–Trinajstić information content (AvgIpc) is 2.41. The van der Waals surface area contributed by atoms with E-state index in [4.69, 9.17) is 11.6 Å². The molecule has 2 aliphatic heterocycles. The quantitative estimate of drug-likeness (QED) is 0.800. The van der Waals surface area contributed by atoms with Crippen LogP contribution in [0.15, 0.2) is 24.3 Å². The second-order valence-corrected chi connectivity index (χ2v) is 6.15. The molecule has 1 aromatic rings. The van der Waals surface area contributed by atoms with Crippen molar-refractivity contribution in [2.45, 2.75) is 12.5 Å². The van der Waals surface area contributed by atoms with Crippen LogP contribution < -0.4 is 4.90 Å². The third kappa shape index (κ3) is 2.21. The lowest BCUT2D eigenvalue weighted by Gasteiger charge is -2.42. The van der Waals surface area contributed by atoms with Crippen molar-refractivity contribution >= 4 is 41.0 Å². The Morgan fingerprint density at radius 1 is 1.26 bits per heavy atom. The molecule has 2 saturated heterocycles. The molecule has 0 aliphatic carbocycles. The van der Waals surface area contributed by atoms with Gasteiger partial charge in [-0.1, -0.05) is 23.7 Å². The largest absolute Gasteiger partial charge is 0.331 e. The molecule has 3 amide bonds. The summed E-state index contributed by atoms with van der Waals surface area (Å²) in [5.74, 6) is 1.60. The molecule has 1 aromatic carbocycles. The summed E-state index contributed by atoms with van der Waals surface area (Å²) in [6, 6.07) is 6.75. The van der Waals surface area contributed by atoms with Crippen LogP contribution in [0.4, 0.5) is 10.5 Å². The number of anilines is 1. The first-order valence-electron chi connectivity index (χ1n) is 6.14. The predicted molar refractivity (Wildman–Crippen MR) is 76.8 cm³/mol. The Morgan fingerprint density at radius 3 is 2.84 bits per heavy atom. The van der Waals surface area contributed by atoms with Gasteiger partial charge >= 0.3 is 6.03 Å². The maximum absolute atomic E-state index is 12.5. The van der Waals surface area contributed by atoms with Crippen LogP contribution in [0, 0.1) is 0 Å². The number of hydrogen-bond donors (Lipinski definition) is 0. The molecule has 3 rings (SSSR count). The van der Waals surface area contributed by atoms with Gasteiger partial charge in [-0.25, -0.2) is 9.69 Å². The molecule has 0 N–H and O–H groups in total. The van der Waals surface area contributed by atoms with Crippen molar-refractivity contribution in [3.8, 4) is 0 Å². The van der Waals surface area contributed by atoms with Gasteiger partial charge in [0, 0.05) is 24.5 Å². The fourth-order valence-corrected chi connectivity index (χ4v) is 3.76. The fraction of sp³-hybridized carbons (Fsp3) is 0.385. The summed E-state index contributed by atoms with van der Waals surface area (Å²) >= 11 is 7.89. The second kappa shape index (κ2) is 5.06. The molecule has 1 atom stereocenters. The molecule has 6 heteroatoms. The molecule has 1 unspecified atom stereocenters. The highest BCUT2D eigenvalue weighted by Gasteiger charge is 2.41. The van der Waals surface area contributed by atoms with Crippen LogP contribution in [0.2, 0.25) is 5.02 Å². The lowest BCUT2D eigenvalue weighted by molar-refractivity contribution is -0.120. The number of benzene rings is 1. The van der Waals surface area contributed by atoms with E-state index < -0.39 is 0 Å². The number of fused-ring (bicyclic) bond motifs is 1. The standard InChI is InChI=1S/C13H13ClN2O2S/c14-10-3-1-2-4-11(10)16-12(17)7-9-8-19-6-5-15(9)13(16)18/h1-4,9H,5-8H2. The van der Waals surface area contributed by atoms with Crippen molar-refractivity contribution in [2.24, 2.45) is 0 Å². The van der Waals surface area contributed by atoms with Crippen LogP contribution >= 0.6 is 23.4 Å². The normalized spacial score (nSPS) is 23.5. The minimum absolute atomic E-state index is 0.0393. The zero-order valence-electron chi connectivity index (χ0n) is 10.2. The van der Waals surface area contributed by atoms with Crippen molar-refractivity contribution in [1.82, 2.24) is 4.90 Å². The highest BCUT2D eigenvalue weighted by Crippen LogP contribution is 2.32. The Bertz CT molecular complexity index is 537. The van der Waals surface area contributed by atoms with Crippen LogP contribution in [0.25, 0.3) is 0 Å². The number of rotatable bonds is 1. The van der Waals surface area contributed by atoms with Crippen molar-refractivity contribution in [2.75, 3.05) is 23.0 Å². The van der Waals surface area contributed by atoms with E-state index in [1.165, 1.54) is 4.90 Å². The number of carbonyl (C=O) groups excluding carboxylic acids is 2. The lowest BCUT2D eigenvalue weighted by Crippen LogP contribution is -2.60. The summed E-state index contributed by atoms with van der Waals surface area (Å²) in [6.07, 6.45) is 0.379. The van der Waals surface area contributed by atoms with Gasteiger partial charge in [-0.15, -0.1) is 0 Å². The van der Waals surface area contributed by atoms with Crippen LogP contribution in [-0.2, 0) is 4.79 Å². The Kier molecular flexibility index (Phi) is 3.41. The first-order chi connectivity index (χ1) is 9.18. The van der Waals surface area contributed by atoms with E-state index in [9.17, 15) is 9.59 Å². The van der Waals surface area contributed by atoms with E-state index in [1.54, 1.807) is 40.9 Å². The summed E-state index contributed by atoms with van der Waals surface area (Å²) in [5, 5.41) is 0.425. The summed E-state index contributed by atoms with van der Waals surface area (Å²) < 4.78 is 0. The van der Waals surface area contributed by atoms with Crippen molar-refractivity contribution < 1.29 is 9.59 Å². The monoisotopic (exact) mass is 296 g/mol. The van der Waals surface area contributed by atoms with E-state index >= 15 is 0 Å². The minimum atomic E-state index is -0.241. The molecule has 4 nitrogen and oxygen atoms in total. The molecule has 100 valence electrons. The summed E-state index contributed by atoms with van der Waals surface area (Å²) in [7, 11) is 0. The molecule has 2 aliphatic rings. The van der Waals surface area contributed by atoms with Crippen LogP contribution in [0.1, 0.15) is 6.42 Å². The lowest BCUT2D eigenvalue weighted by atomic mass is 10.1. The minimum Gasteiger partial charge on any atom is -0.319 e.